The number of nitrogens with zero attached hydrogens (tertiary/aromatic N) is 2. The fourth-order valence-electron chi connectivity index (χ4n) is 3.17. The standard InChI is InChI=1S/C16H19N3O4/c1-16(14(21)22)7-2-9-19(16)13(20)11-3-5-12(6-4-11)18-10-8-17-15(18)23/h3-6H,2,7-10H2,1H3,(H,17,23)(H,21,22). The average molecular weight is 317 g/mol. The number of nitrogens with one attached hydrogen (secondary N) is 1. The minimum atomic E-state index is -1.15. The Bertz CT molecular complexity index is 658. The zero-order valence-corrected chi connectivity index (χ0v) is 12.9. The van der Waals surface area contributed by atoms with Crippen LogP contribution in [0.1, 0.15) is 30.1 Å². The van der Waals surface area contributed by atoms with Crippen LogP contribution in [0.2, 0.25) is 0 Å². The van der Waals surface area contributed by atoms with Crippen molar-refractivity contribution in [1.82, 2.24) is 10.2 Å². The van der Waals surface area contributed by atoms with Gasteiger partial charge >= 0.3 is 12.0 Å². The summed E-state index contributed by atoms with van der Waals surface area (Å²) < 4.78 is 0. The minimum absolute atomic E-state index is 0.151. The molecule has 1 atom stereocenters. The molecule has 122 valence electrons. The minimum Gasteiger partial charge on any atom is -0.480 e. The van der Waals surface area contributed by atoms with Crippen LogP contribution in [-0.4, -0.2) is 53.1 Å². The number of carbonyl (C=O) groups is 3. The molecule has 2 aliphatic heterocycles. The highest BCUT2D eigenvalue weighted by Crippen LogP contribution is 2.31. The van der Waals surface area contributed by atoms with Gasteiger partial charge in [0.2, 0.25) is 0 Å². The van der Waals surface area contributed by atoms with E-state index in [1.165, 1.54) is 4.90 Å². The second-order valence-electron chi connectivity index (χ2n) is 6.07. The molecule has 2 aliphatic rings. The fraction of sp³-hybridized carbons (Fsp3) is 0.438. The Balaban J connectivity index is 1.80. The van der Waals surface area contributed by atoms with Gasteiger partial charge in [0.05, 0.1) is 0 Å². The smallest absolute Gasteiger partial charge is 0.329 e. The SMILES string of the molecule is CC1(C(=O)O)CCCN1C(=O)c1ccc(N2CCNC2=O)cc1. The van der Waals surface area contributed by atoms with Gasteiger partial charge in [0, 0.05) is 30.9 Å². The van der Waals surface area contributed by atoms with Gasteiger partial charge in [-0.3, -0.25) is 9.69 Å². The second-order valence-corrected chi connectivity index (χ2v) is 6.07. The van der Waals surface area contributed by atoms with Crippen LogP contribution >= 0.6 is 0 Å². The average Bonchev–Trinajstić information content (AvgIpc) is 3.13. The first-order valence-corrected chi connectivity index (χ1v) is 7.64. The molecule has 1 aromatic rings. The molecule has 0 aromatic heterocycles. The number of carbonyl (C=O) groups excluding carboxylic acids is 2. The third-order valence-corrected chi connectivity index (χ3v) is 4.63. The fourth-order valence-corrected chi connectivity index (χ4v) is 3.17. The number of carboxylic acids is 1. The Morgan fingerprint density at radius 1 is 1.22 bits per heavy atom. The predicted octanol–water partition coefficient (Wildman–Crippen LogP) is 1.30. The number of amides is 3. The molecule has 2 N–H and O–H groups in total. The second kappa shape index (κ2) is 5.57. The lowest BCUT2D eigenvalue weighted by Crippen LogP contribution is -2.50. The van der Waals surface area contributed by atoms with Crippen molar-refractivity contribution in [3.8, 4) is 0 Å². The monoisotopic (exact) mass is 317 g/mol. The van der Waals surface area contributed by atoms with Crippen molar-refractivity contribution in [1.29, 1.82) is 0 Å². The van der Waals surface area contributed by atoms with Crippen LogP contribution in [0.4, 0.5) is 10.5 Å². The summed E-state index contributed by atoms with van der Waals surface area (Å²) in [6.07, 6.45) is 1.14. The molecule has 2 fully saturated rings. The number of urea groups is 1. The number of anilines is 1. The molecule has 2 saturated heterocycles. The van der Waals surface area contributed by atoms with E-state index in [4.69, 9.17) is 0 Å². The summed E-state index contributed by atoms with van der Waals surface area (Å²) in [5, 5.41) is 12.1. The van der Waals surface area contributed by atoms with Crippen LogP contribution in [0, 0.1) is 0 Å². The van der Waals surface area contributed by atoms with Crippen LogP contribution in [0.5, 0.6) is 0 Å². The van der Waals surface area contributed by atoms with Crippen molar-refractivity contribution in [3.63, 3.8) is 0 Å². The van der Waals surface area contributed by atoms with E-state index >= 15 is 0 Å². The molecule has 3 amide bonds. The van der Waals surface area contributed by atoms with E-state index in [0.29, 0.717) is 38.0 Å². The van der Waals surface area contributed by atoms with E-state index < -0.39 is 11.5 Å². The van der Waals surface area contributed by atoms with Gasteiger partial charge in [0.1, 0.15) is 5.54 Å². The zero-order chi connectivity index (χ0) is 16.6. The molecular formula is C16H19N3O4. The van der Waals surface area contributed by atoms with E-state index in [-0.39, 0.29) is 11.9 Å². The largest absolute Gasteiger partial charge is 0.480 e. The first-order valence-electron chi connectivity index (χ1n) is 7.64. The number of carboxylic acid groups (broad SMARTS) is 1. The van der Waals surface area contributed by atoms with Gasteiger partial charge in [-0.1, -0.05) is 0 Å². The Labute approximate surface area is 133 Å². The van der Waals surface area contributed by atoms with E-state index in [0.717, 1.165) is 5.69 Å². The highest BCUT2D eigenvalue weighted by Gasteiger charge is 2.46. The first-order chi connectivity index (χ1) is 10.9. The summed E-state index contributed by atoms with van der Waals surface area (Å²) in [7, 11) is 0. The Morgan fingerprint density at radius 3 is 2.48 bits per heavy atom. The van der Waals surface area contributed by atoms with Crippen molar-refractivity contribution >= 4 is 23.6 Å². The molecule has 1 aromatic carbocycles. The molecule has 0 bridgehead atoms. The Hall–Kier alpha value is -2.57. The predicted molar refractivity (Wildman–Crippen MR) is 83.5 cm³/mol. The Kier molecular flexibility index (Phi) is 3.71. The highest BCUT2D eigenvalue weighted by molar-refractivity contribution is 5.99. The molecule has 7 nitrogen and oxygen atoms in total. The number of benzene rings is 1. The maximum atomic E-state index is 12.6. The van der Waals surface area contributed by atoms with Crippen molar-refractivity contribution < 1.29 is 19.5 Å². The lowest BCUT2D eigenvalue weighted by atomic mass is 9.98. The Morgan fingerprint density at radius 2 is 1.91 bits per heavy atom. The van der Waals surface area contributed by atoms with Crippen LogP contribution in [0.25, 0.3) is 0 Å². The lowest BCUT2D eigenvalue weighted by Gasteiger charge is -2.31. The van der Waals surface area contributed by atoms with Crippen molar-refractivity contribution in [3.05, 3.63) is 29.8 Å². The van der Waals surface area contributed by atoms with Gasteiger partial charge < -0.3 is 15.3 Å². The van der Waals surface area contributed by atoms with E-state index in [9.17, 15) is 19.5 Å². The summed E-state index contributed by atoms with van der Waals surface area (Å²) in [6, 6.07) is 6.56. The third-order valence-electron chi connectivity index (χ3n) is 4.63. The van der Waals surface area contributed by atoms with Gasteiger partial charge in [-0.2, -0.15) is 0 Å². The van der Waals surface area contributed by atoms with Crippen molar-refractivity contribution in [2.75, 3.05) is 24.5 Å². The molecule has 1 unspecified atom stereocenters. The molecule has 0 radical (unpaired) electrons. The van der Waals surface area contributed by atoms with Gasteiger partial charge in [-0.25, -0.2) is 9.59 Å². The summed E-state index contributed by atoms with van der Waals surface area (Å²) >= 11 is 0. The van der Waals surface area contributed by atoms with Crippen LogP contribution in [-0.2, 0) is 4.79 Å². The zero-order valence-electron chi connectivity index (χ0n) is 12.9. The van der Waals surface area contributed by atoms with Crippen LogP contribution < -0.4 is 10.2 Å². The van der Waals surface area contributed by atoms with Crippen LogP contribution in [0.3, 0.4) is 0 Å². The summed E-state index contributed by atoms with van der Waals surface area (Å²) in [5.41, 5.74) is 0.00613. The van der Waals surface area contributed by atoms with Crippen LogP contribution in [0.15, 0.2) is 24.3 Å². The van der Waals surface area contributed by atoms with Gasteiger partial charge in [0.25, 0.3) is 5.91 Å². The maximum absolute atomic E-state index is 12.6. The van der Waals surface area contributed by atoms with Crippen molar-refractivity contribution in [2.24, 2.45) is 0 Å². The molecule has 23 heavy (non-hydrogen) atoms. The molecule has 7 heteroatoms. The third kappa shape index (κ3) is 2.52. The quantitative estimate of drug-likeness (QED) is 0.879. The maximum Gasteiger partial charge on any atom is 0.329 e. The number of hydrogen-bond acceptors (Lipinski definition) is 3. The first kappa shape index (κ1) is 15.3. The van der Waals surface area contributed by atoms with Gasteiger partial charge in [0.15, 0.2) is 0 Å². The van der Waals surface area contributed by atoms with E-state index in [2.05, 4.69) is 5.32 Å². The number of aliphatic carboxylic acids is 1. The molecule has 0 saturated carbocycles. The highest BCUT2D eigenvalue weighted by atomic mass is 16.4. The van der Waals surface area contributed by atoms with Gasteiger partial charge in [-0.05, 0) is 44.0 Å². The molecule has 3 rings (SSSR count). The topological polar surface area (TPSA) is 89.9 Å². The number of hydrogen-bond donors (Lipinski definition) is 2. The number of likely N-dealkylation sites (tertiary alicyclic amines) is 1. The molecule has 0 aliphatic carbocycles. The van der Waals surface area contributed by atoms with Crippen molar-refractivity contribution in [2.45, 2.75) is 25.3 Å². The summed E-state index contributed by atoms with van der Waals surface area (Å²) in [5.74, 6) is -1.27. The summed E-state index contributed by atoms with van der Waals surface area (Å²) in [6.45, 7) is 3.22. The van der Waals surface area contributed by atoms with E-state index in [1.807, 2.05) is 0 Å². The normalized spacial score (nSPS) is 24.0. The van der Waals surface area contributed by atoms with E-state index in [1.54, 1.807) is 36.1 Å². The lowest BCUT2D eigenvalue weighted by molar-refractivity contribution is -0.147. The molecular weight excluding hydrogens is 298 g/mol. The molecule has 2 heterocycles. The summed E-state index contributed by atoms with van der Waals surface area (Å²) in [4.78, 5) is 38.8. The van der Waals surface area contributed by atoms with Gasteiger partial charge in [-0.15, -0.1) is 0 Å². The molecule has 0 spiro atoms. The number of rotatable bonds is 3.